The number of hydrogen-bond donors (Lipinski definition) is 1. The molecule has 1 aromatic carbocycles. The van der Waals surface area contributed by atoms with Crippen molar-refractivity contribution < 1.29 is 8.42 Å². The highest BCUT2D eigenvalue weighted by molar-refractivity contribution is 9.10. The maximum absolute atomic E-state index is 12.0. The van der Waals surface area contributed by atoms with Crippen LogP contribution < -0.4 is 5.73 Å². The van der Waals surface area contributed by atoms with E-state index >= 15 is 0 Å². The Morgan fingerprint density at radius 3 is 2.27 bits per heavy atom. The van der Waals surface area contributed by atoms with Crippen LogP contribution >= 0.6 is 15.9 Å². The Morgan fingerprint density at radius 2 is 1.87 bits per heavy atom. The van der Waals surface area contributed by atoms with Gasteiger partial charge in [0.2, 0.25) is 0 Å². The molecule has 0 saturated carbocycles. The highest BCUT2D eigenvalue weighted by Gasteiger charge is 2.24. The van der Waals surface area contributed by atoms with E-state index in [1.165, 1.54) is 0 Å². The summed E-state index contributed by atoms with van der Waals surface area (Å²) in [5.41, 5.74) is 5.45. The lowest BCUT2D eigenvalue weighted by Gasteiger charge is -2.13. The number of hydrogen-bond acceptors (Lipinski definition) is 3. The minimum atomic E-state index is -3.26. The van der Waals surface area contributed by atoms with E-state index in [4.69, 9.17) is 5.73 Å². The molecular formula is C10H14BrNO2S. The molecule has 0 aliphatic rings. The summed E-state index contributed by atoms with van der Waals surface area (Å²) in [6.45, 7) is 1.99. The predicted octanol–water partition coefficient (Wildman–Crippen LogP) is 1.96. The molecule has 0 saturated heterocycles. The fourth-order valence-corrected chi connectivity index (χ4v) is 3.19. The lowest BCUT2D eigenvalue weighted by Crippen LogP contribution is -2.29. The largest absolute Gasteiger partial charge is 0.329 e. The standard InChI is InChI=1S/C10H14BrNO2S/c1-2-9(7-12)15(13,14)10-5-3-8(11)4-6-10/h3-6,9H,2,7,12H2,1H3. The third kappa shape index (κ3) is 2.80. The molecular weight excluding hydrogens is 278 g/mol. The predicted molar refractivity (Wildman–Crippen MR) is 64.5 cm³/mol. The molecule has 0 aliphatic carbocycles. The zero-order valence-corrected chi connectivity index (χ0v) is 10.9. The van der Waals surface area contributed by atoms with Crippen LogP contribution in [0, 0.1) is 0 Å². The summed E-state index contributed by atoms with van der Waals surface area (Å²) in [4.78, 5) is 0.336. The topological polar surface area (TPSA) is 60.2 Å². The lowest BCUT2D eigenvalue weighted by molar-refractivity contribution is 0.576. The first-order valence-corrected chi connectivity index (χ1v) is 7.05. The molecule has 0 aromatic heterocycles. The van der Waals surface area contributed by atoms with E-state index in [0.29, 0.717) is 11.3 Å². The average Bonchev–Trinajstić information content (AvgIpc) is 2.19. The van der Waals surface area contributed by atoms with Crippen molar-refractivity contribution >= 4 is 25.8 Å². The Hall–Kier alpha value is -0.390. The van der Waals surface area contributed by atoms with Crippen molar-refractivity contribution in [1.82, 2.24) is 0 Å². The average molecular weight is 292 g/mol. The molecule has 84 valence electrons. The first kappa shape index (κ1) is 12.7. The molecule has 0 spiro atoms. The highest BCUT2D eigenvalue weighted by atomic mass is 79.9. The van der Waals surface area contributed by atoms with Gasteiger partial charge in [0.15, 0.2) is 9.84 Å². The van der Waals surface area contributed by atoms with Gasteiger partial charge >= 0.3 is 0 Å². The molecule has 15 heavy (non-hydrogen) atoms. The van der Waals surface area contributed by atoms with Crippen LogP contribution in [0.5, 0.6) is 0 Å². The van der Waals surface area contributed by atoms with Gasteiger partial charge in [-0.05, 0) is 30.7 Å². The monoisotopic (exact) mass is 291 g/mol. The van der Waals surface area contributed by atoms with Crippen LogP contribution in [0.25, 0.3) is 0 Å². The summed E-state index contributed by atoms with van der Waals surface area (Å²) in [7, 11) is -3.26. The van der Waals surface area contributed by atoms with Crippen LogP contribution in [0.3, 0.4) is 0 Å². The van der Waals surface area contributed by atoms with E-state index in [0.717, 1.165) is 4.47 Å². The van der Waals surface area contributed by atoms with Gasteiger partial charge in [-0.15, -0.1) is 0 Å². The van der Waals surface area contributed by atoms with Crippen LogP contribution in [0.1, 0.15) is 13.3 Å². The van der Waals surface area contributed by atoms with E-state index in [1.807, 2.05) is 6.92 Å². The van der Waals surface area contributed by atoms with Crippen molar-refractivity contribution in [3.05, 3.63) is 28.7 Å². The highest BCUT2D eigenvalue weighted by Crippen LogP contribution is 2.20. The third-order valence-electron chi connectivity index (χ3n) is 2.30. The van der Waals surface area contributed by atoms with Crippen molar-refractivity contribution in [3.63, 3.8) is 0 Å². The van der Waals surface area contributed by atoms with Crippen molar-refractivity contribution in [2.45, 2.75) is 23.5 Å². The van der Waals surface area contributed by atoms with Crippen LogP contribution in [0.2, 0.25) is 0 Å². The summed E-state index contributed by atoms with van der Waals surface area (Å²) in [6.07, 6.45) is 0.537. The maximum atomic E-state index is 12.0. The number of nitrogens with two attached hydrogens (primary N) is 1. The number of benzene rings is 1. The SMILES string of the molecule is CCC(CN)S(=O)(=O)c1ccc(Br)cc1. The van der Waals surface area contributed by atoms with Gasteiger partial charge in [0.05, 0.1) is 10.1 Å². The van der Waals surface area contributed by atoms with Gasteiger partial charge in [0.1, 0.15) is 0 Å². The van der Waals surface area contributed by atoms with Crippen LogP contribution in [0.15, 0.2) is 33.6 Å². The van der Waals surface area contributed by atoms with Gasteiger partial charge in [-0.2, -0.15) is 0 Å². The minimum Gasteiger partial charge on any atom is -0.329 e. The Labute approximate surface area is 98.7 Å². The number of halogens is 1. The molecule has 1 atom stereocenters. The first-order chi connectivity index (χ1) is 7.02. The summed E-state index contributed by atoms with van der Waals surface area (Å²) in [5, 5.41) is -0.487. The van der Waals surface area contributed by atoms with E-state index in [2.05, 4.69) is 15.9 Å². The first-order valence-electron chi connectivity index (χ1n) is 4.72. The Morgan fingerprint density at radius 1 is 1.33 bits per heavy atom. The van der Waals surface area contributed by atoms with Crippen molar-refractivity contribution in [2.75, 3.05) is 6.54 Å². The summed E-state index contributed by atoms with van der Waals surface area (Å²) < 4.78 is 24.9. The zero-order chi connectivity index (χ0) is 11.5. The molecule has 1 rings (SSSR count). The lowest BCUT2D eigenvalue weighted by atomic mass is 10.3. The smallest absolute Gasteiger partial charge is 0.182 e. The molecule has 0 amide bonds. The zero-order valence-electron chi connectivity index (χ0n) is 8.48. The molecule has 1 aromatic rings. The molecule has 0 radical (unpaired) electrons. The van der Waals surface area contributed by atoms with E-state index < -0.39 is 15.1 Å². The quantitative estimate of drug-likeness (QED) is 0.923. The summed E-state index contributed by atoms with van der Waals surface area (Å²) in [5.74, 6) is 0. The van der Waals surface area contributed by atoms with Gasteiger partial charge < -0.3 is 5.73 Å². The Kier molecular flexibility index (Phi) is 4.31. The molecule has 0 heterocycles. The van der Waals surface area contributed by atoms with Gasteiger partial charge in [-0.25, -0.2) is 8.42 Å². The van der Waals surface area contributed by atoms with E-state index in [-0.39, 0.29) is 6.54 Å². The molecule has 5 heteroatoms. The second-order valence-corrected chi connectivity index (χ2v) is 6.41. The fraction of sp³-hybridized carbons (Fsp3) is 0.400. The van der Waals surface area contributed by atoms with Crippen molar-refractivity contribution in [1.29, 1.82) is 0 Å². The van der Waals surface area contributed by atoms with Crippen LogP contribution in [0.4, 0.5) is 0 Å². The molecule has 0 aliphatic heterocycles. The molecule has 1 unspecified atom stereocenters. The summed E-state index contributed by atoms with van der Waals surface area (Å²) in [6, 6.07) is 6.63. The number of sulfone groups is 1. The second kappa shape index (κ2) is 5.09. The van der Waals surface area contributed by atoms with Gasteiger partial charge in [-0.1, -0.05) is 22.9 Å². The summed E-state index contributed by atoms with van der Waals surface area (Å²) >= 11 is 3.26. The number of rotatable bonds is 4. The molecule has 2 N–H and O–H groups in total. The molecule has 3 nitrogen and oxygen atoms in total. The van der Waals surface area contributed by atoms with Crippen molar-refractivity contribution in [3.8, 4) is 0 Å². The second-order valence-electron chi connectivity index (χ2n) is 3.26. The Bertz CT molecular complexity index is 410. The maximum Gasteiger partial charge on any atom is 0.182 e. The third-order valence-corrected chi connectivity index (χ3v) is 5.16. The van der Waals surface area contributed by atoms with Gasteiger partial charge in [0.25, 0.3) is 0 Å². The van der Waals surface area contributed by atoms with Crippen LogP contribution in [-0.4, -0.2) is 20.2 Å². The van der Waals surface area contributed by atoms with Gasteiger partial charge in [-0.3, -0.25) is 0 Å². The van der Waals surface area contributed by atoms with Gasteiger partial charge in [0, 0.05) is 11.0 Å². The minimum absolute atomic E-state index is 0.162. The van der Waals surface area contributed by atoms with Crippen LogP contribution in [-0.2, 0) is 9.84 Å². The fourth-order valence-electron chi connectivity index (χ4n) is 1.33. The Balaban J connectivity index is 3.11. The molecule has 0 fully saturated rings. The van der Waals surface area contributed by atoms with E-state index in [9.17, 15) is 8.42 Å². The normalized spacial score (nSPS) is 13.8. The van der Waals surface area contributed by atoms with E-state index in [1.54, 1.807) is 24.3 Å². The molecule has 0 bridgehead atoms. The van der Waals surface area contributed by atoms with Crippen molar-refractivity contribution in [2.24, 2.45) is 5.73 Å².